The van der Waals surface area contributed by atoms with Crippen LogP contribution < -0.4 is 5.32 Å². The van der Waals surface area contributed by atoms with Crippen molar-refractivity contribution in [1.82, 2.24) is 5.32 Å². The van der Waals surface area contributed by atoms with Crippen molar-refractivity contribution in [2.75, 3.05) is 0 Å². The molecule has 5 nitrogen and oxygen atoms in total. The normalized spacial score (nSPS) is 11.9. The minimum absolute atomic E-state index is 0.0132. The molecule has 0 aliphatic heterocycles. The molecule has 0 aliphatic carbocycles. The van der Waals surface area contributed by atoms with Crippen LogP contribution in [0.5, 0.6) is 0 Å². The van der Waals surface area contributed by atoms with Crippen LogP contribution in [0.25, 0.3) is 11.3 Å². The van der Waals surface area contributed by atoms with Crippen molar-refractivity contribution in [2.24, 2.45) is 0 Å². The van der Waals surface area contributed by atoms with Gasteiger partial charge in [0.2, 0.25) is 0 Å². The topological polar surface area (TPSA) is 79.5 Å². The monoisotopic (exact) mass is 329 g/mol. The van der Waals surface area contributed by atoms with Gasteiger partial charge in [0.15, 0.2) is 0 Å². The van der Waals surface area contributed by atoms with Crippen molar-refractivity contribution >= 4 is 11.9 Å². The van der Waals surface area contributed by atoms with Crippen molar-refractivity contribution < 1.29 is 19.1 Å². The number of carbonyl (C=O) groups is 2. The molecule has 0 radical (unpaired) electrons. The summed E-state index contributed by atoms with van der Waals surface area (Å²) in [5, 5.41) is 11.6. The smallest absolute Gasteiger partial charge is 0.303 e. The maximum atomic E-state index is 12.4. The van der Waals surface area contributed by atoms with Crippen LogP contribution in [0.3, 0.4) is 0 Å². The number of unbranched alkanes of at least 4 members (excludes halogenated alkanes) is 1. The summed E-state index contributed by atoms with van der Waals surface area (Å²) in [5.41, 5.74) is 1.47. The van der Waals surface area contributed by atoms with Gasteiger partial charge in [-0.05, 0) is 32.8 Å². The van der Waals surface area contributed by atoms with Gasteiger partial charge in [-0.25, -0.2) is 0 Å². The maximum Gasteiger partial charge on any atom is 0.303 e. The molecule has 1 amide bonds. The fourth-order valence-electron chi connectivity index (χ4n) is 2.55. The van der Waals surface area contributed by atoms with Crippen LogP contribution in [0.1, 0.15) is 48.7 Å². The molecule has 0 unspecified atom stereocenters. The fraction of sp³-hybridized carbons (Fsp3) is 0.368. The lowest BCUT2D eigenvalue weighted by Crippen LogP contribution is -2.32. The first kappa shape index (κ1) is 17.8. The number of carboxylic acid groups (broad SMARTS) is 1. The van der Waals surface area contributed by atoms with Gasteiger partial charge in [-0.1, -0.05) is 36.8 Å². The maximum absolute atomic E-state index is 12.4. The number of furan rings is 1. The number of carboxylic acids is 1. The van der Waals surface area contributed by atoms with Crippen LogP contribution in [0, 0.1) is 6.92 Å². The number of rotatable bonds is 8. The van der Waals surface area contributed by atoms with Crippen LogP contribution in [0.2, 0.25) is 0 Å². The van der Waals surface area contributed by atoms with Crippen molar-refractivity contribution in [1.29, 1.82) is 0 Å². The number of hydrogen-bond acceptors (Lipinski definition) is 3. The van der Waals surface area contributed by atoms with Crippen molar-refractivity contribution in [3.8, 4) is 11.3 Å². The number of benzene rings is 1. The van der Waals surface area contributed by atoms with E-state index < -0.39 is 5.97 Å². The molecule has 2 rings (SSSR count). The molecule has 0 spiro atoms. The first-order valence-corrected chi connectivity index (χ1v) is 8.16. The van der Waals surface area contributed by atoms with Gasteiger partial charge in [0.1, 0.15) is 11.5 Å². The summed E-state index contributed by atoms with van der Waals surface area (Å²) in [7, 11) is 0. The zero-order valence-electron chi connectivity index (χ0n) is 14.0. The van der Waals surface area contributed by atoms with Gasteiger partial charge in [0.25, 0.3) is 5.91 Å². The molecule has 1 aromatic carbocycles. The fourth-order valence-corrected chi connectivity index (χ4v) is 2.55. The summed E-state index contributed by atoms with van der Waals surface area (Å²) in [6.07, 6.45) is 2.31. The molecule has 128 valence electrons. The minimum Gasteiger partial charge on any atom is -0.481 e. The second-order valence-electron chi connectivity index (χ2n) is 5.96. The first-order chi connectivity index (χ1) is 11.5. The second kappa shape index (κ2) is 8.34. The highest BCUT2D eigenvalue weighted by Crippen LogP contribution is 2.25. The van der Waals surface area contributed by atoms with Crippen molar-refractivity contribution in [2.45, 2.75) is 45.6 Å². The molecule has 1 aromatic heterocycles. The first-order valence-electron chi connectivity index (χ1n) is 8.16. The number of nitrogens with one attached hydrogen (secondary N) is 1. The van der Waals surface area contributed by atoms with E-state index in [1.807, 2.05) is 37.3 Å². The summed E-state index contributed by atoms with van der Waals surface area (Å²) in [5.74, 6) is 0.315. The molecule has 5 heteroatoms. The van der Waals surface area contributed by atoms with E-state index in [9.17, 15) is 9.59 Å². The molecular formula is C19H23NO4. The molecule has 0 fully saturated rings. The highest BCUT2D eigenvalue weighted by molar-refractivity contribution is 5.96. The summed E-state index contributed by atoms with van der Waals surface area (Å²) in [4.78, 5) is 22.9. The number of aliphatic carboxylic acids is 1. The highest BCUT2D eigenvalue weighted by atomic mass is 16.4. The van der Waals surface area contributed by atoms with Gasteiger partial charge >= 0.3 is 5.97 Å². The number of aryl methyl sites for hydroxylation is 1. The van der Waals surface area contributed by atoms with E-state index in [1.54, 1.807) is 13.0 Å². The third-order valence-electron chi connectivity index (χ3n) is 3.88. The van der Waals surface area contributed by atoms with Crippen molar-refractivity contribution in [3.63, 3.8) is 0 Å². The zero-order valence-corrected chi connectivity index (χ0v) is 14.0. The average Bonchev–Trinajstić information content (AvgIpc) is 2.94. The van der Waals surface area contributed by atoms with E-state index >= 15 is 0 Å². The Balaban J connectivity index is 1.93. The Morgan fingerprint density at radius 2 is 1.92 bits per heavy atom. The molecule has 2 aromatic rings. The number of amides is 1. The number of hydrogen-bond donors (Lipinski definition) is 2. The van der Waals surface area contributed by atoms with E-state index in [1.165, 1.54) is 0 Å². The molecule has 0 aliphatic rings. The molecule has 24 heavy (non-hydrogen) atoms. The Hall–Kier alpha value is -2.56. The Kier molecular flexibility index (Phi) is 6.18. The summed E-state index contributed by atoms with van der Waals surface area (Å²) in [6, 6.07) is 11.4. The quantitative estimate of drug-likeness (QED) is 0.717. The second-order valence-corrected chi connectivity index (χ2v) is 5.96. The van der Waals surface area contributed by atoms with Crippen LogP contribution >= 0.6 is 0 Å². The van der Waals surface area contributed by atoms with Crippen LogP contribution in [0.15, 0.2) is 40.8 Å². The van der Waals surface area contributed by atoms with E-state index in [0.29, 0.717) is 23.5 Å². The Bertz CT molecular complexity index is 691. The lowest BCUT2D eigenvalue weighted by atomic mass is 10.1. The predicted molar refractivity (Wildman–Crippen MR) is 91.9 cm³/mol. The minimum atomic E-state index is -0.783. The predicted octanol–water partition coefficient (Wildman–Crippen LogP) is 4.02. The van der Waals surface area contributed by atoms with E-state index in [4.69, 9.17) is 9.52 Å². The number of carbonyl (C=O) groups excluding carboxylic acids is 1. The standard InChI is InChI=1S/C19H23NO4/c1-13(8-6-7-11-18(21)22)20-19(23)16-12-17(24-14(16)2)15-9-4-3-5-10-15/h3-5,9-10,12-13H,6-8,11H2,1-2H3,(H,20,23)(H,21,22)/t13-/m1/s1. The van der Waals surface area contributed by atoms with Crippen molar-refractivity contribution in [3.05, 3.63) is 47.7 Å². The molecular weight excluding hydrogens is 306 g/mol. The highest BCUT2D eigenvalue weighted by Gasteiger charge is 2.17. The van der Waals surface area contributed by atoms with Crippen LogP contribution in [0.4, 0.5) is 0 Å². The molecule has 0 bridgehead atoms. The molecule has 1 heterocycles. The summed E-state index contributed by atoms with van der Waals surface area (Å²) >= 11 is 0. The Labute approximate surface area is 141 Å². The Morgan fingerprint density at radius 1 is 1.21 bits per heavy atom. The van der Waals surface area contributed by atoms with Gasteiger partial charge in [-0.2, -0.15) is 0 Å². The van der Waals surface area contributed by atoms with E-state index in [2.05, 4.69) is 5.32 Å². The van der Waals surface area contributed by atoms with E-state index in [-0.39, 0.29) is 18.4 Å². The molecule has 0 saturated heterocycles. The molecule has 0 saturated carbocycles. The lowest BCUT2D eigenvalue weighted by molar-refractivity contribution is -0.137. The zero-order chi connectivity index (χ0) is 17.5. The van der Waals surface area contributed by atoms with Gasteiger partial charge in [-0.15, -0.1) is 0 Å². The lowest BCUT2D eigenvalue weighted by Gasteiger charge is -2.13. The van der Waals surface area contributed by atoms with Crippen LogP contribution in [-0.2, 0) is 4.79 Å². The van der Waals surface area contributed by atoms with Gasteiger partial charge < -0.3 is 14.8 Å². The van der Waals surface area contributed by atoms with E-state index in [0.717, 1.165) is 18.4 Å². The van der Waals surface area contributed by atoms with Gasteiger partial charge in [-0.3, -0.25) is 9.59 Å². The third-order valence-corrected chi connectivity index (χ3v) is 3.88. The largest absolute Gasteiger partial charge is 0.481 e. The summed E-state index contributed by atoms with van der Waals surface area (Å²) in [6.45, 7) is 3.70. The van der Waals surface area contributed by atoms with Crippen LogP contribution in [-0.4, -0.2) is 23.0 Å². The third kappa shape index (κ3) is 4.98. The average molecular weight is 329 g/mol. The SMILES string of the molecule is Cc1oc(-c2ccccc2)cc1C(=O)N[C@H](C)CCCCC(=O)O. The van der Waals surface area contributed by atoms with Gasteiger partial charge in [0, 0.05) is 18.0 Å². The Morgan fingerprint density at radius 3 is 2.58 bits per heavy atom. The van der Waals surface area contributed by atoms with Gasteiger partial charge in [0.05, 0.1) is 5.56 Å². The molecule has 1 atom stereocenters. The molecule has 2 N–H and O–H groups in total. The summed E-state index contributed by atoms with van der Waals surface area (Å²) < 4.78 is 5.70.